The number of nitrogens with one attached hydrogen (secondary N) is 1. The van der Waals surface area contributed by atoms with Gasteiger partial charge in [-0.2, -0.15) is 0 Å². The largest absolute Gasteiger partial charge is 0.352 e. The Morgan fingerprint density at radius 3 is 2.18 bits per heavy atom. The van der Waals surface area contributed by atoms with Crippen molar-refractivity contribution in [3.8, 4) is 0 Å². The molecule has 0 aliphatic carbocycles. The number of carbonyl (C=O) groups is 2. The number of nitrogens with zero attached hydrogens (tertiary/aromatic N) is 2. The first-order chi connectivity index (χ1) is 18.4. The molecule has 0 aromatic heterocycles. The van der Waals surface area contributed by atoms with Gasteiger partial charge in [0.1, 0.15) is 18.4 Å². The molecule has 39 heavy (non-hydrogen) atoms. The number of amides is 2. The van der Waals surface area contributed by atoms with E-state index in [0.717, 1.165) is 4.31 Å². The summed E-state index contributed by atoms with van der Waals surface area (Å²) in [5.41, 5.74) is 0.743. The summed E-state index contributed by atoms with van der Waals surface area (Å²) in [5, 5.41) is 3.49. The summed E-state index contributed by atoms with van der Waals surface area (Å²) in [6, 6.07) is 16.1. The molecule has 0 fully saturated rings. The van der Waals surface area contributed by atoms with Crippen LogP contribution in [0.2, 0.25) is 10.0 Å². The molecule has 11 heteroatoms. The van der Waals surface area contributed by atoms with Crippen LogP contribution in [0.5, 0.6) is 0 Å². The van der Waals surface area contributed by atoms with Gasteiger partial charge in [0, 0.05) is 22.6 Å². The van der Waals surface area contributed by atoms with E-state index in [9.17, 15) is 22.4 Å². The molecule has 0 saturated heterocycles. The minimum atomic E-state index is -4.25. The third kappa shape index (κ3) is 7.94. The van der Waals surface area contributed by atoms with Crippen molar-refractivity contribution in [3.63, 3.8) is 0 Å². The summed E-state index contributed by atoms with van der Waals surface area (Å²) in [7, 11) is -4.25. The lowest BCUT2D eigenvalue weighted by Gasteiger charge is -2.32. The molecular weight excluding hydrogens is 564 g/mol. The van der Waals surface area contributed by atoms with Gasteiger partial charge in [-0.05, 0) is 80.4 Å². The molecule has 0 radical (unpaired) electrons. The van der Waals surface area contributed by atoms with Crippen LogP contribution in [0.25, 0.3) is 0 Å². The molecule has 3 aromatic rings. The minimum absolute atomic E-state index is 0.0431. The molecule has 0 aliphatic heterocycles. The summed E-state index contributed by atoms with van der Waals surface area (Å²) in [4.78, 5) is 28.1. The van der Waals surface area contributed by atoms with Crippen molar-refractivity contribution in [3.05, 3.63) is 94.2 Å². The van der Waals surface area contributed by atoms with Crippen molar-refractivity contribution in [1.29, 1.82) is 0 Å². The molecule has 3 rings (SSSR count). The zero-order chi connectivity index (χ0) is 28.7. The number of carbonyl (C=O) groups excluding carboxylic acids is 2. The van der Waals surface area contributed by atoms with Crippen LogP contribution in [0.15, 0.2) is 77.7 Å². The molecule has 0 bridgehead atoms. The number of rotatable bonds is 11. The van der Waals surface area contributed by atoms with Crippen LogP contribution in [-0.2, 0) is 26.2 Å². The second-order valence-electron chi connectivity index (χ2n) is 9.09. The third-order valence-corrected chi connectivity index (χ3v) is 8.49. The van der Waals surface area contributed by atoms with Gasteiger partial charge in [-0.3, -0.25) is 13.9 Å². The second-order valence-corrected chi connectivity index (χ2v) is 11.8. The zero-order valence-corrected chi connectivity index (χ0v) is 24.1. The van der Waals surface area contributed by atoms with Crippen LogP contribution < -0.4 is 9.62 Å². The maximum absolute atomic E-state index is 13.8. The normalized spacial score (nSPS) is 12.9. The first kappa shape index (κ1) is 30.4. The molecule has 0 saturated carbocycles. The maximum Gasteiger partial charge on any atom is 0.264 e. The zero-order valence-electron chi connectivity index (χ0n) is 21.8. The van der Waals surface area contributed by atoms with E-state index in [1.807, 2.05) is 13.8 Å². The van der Waals surface area contributed by atoms with Crippen LogP contribution in [-0.4, -0.2) is 43.8 Å². The molecule has 7 nitrogen and oxygen atoms in total. The lowest BCUT2D eigenvalue weighted by molar-refractivity contribution is -0.139. The number of sulfonamides is 1. The third-order valence-electron chi connectivity index (χ3n) is 6.21. The Labute approximate surface area is 238 Å². The molecule has 0 spiro atoms. The molecule has 1 N–H and O–H groups in total. The number of halogens is 3. The van der Waals surface area contributed by atoms with Gasteiger partial charge in [0.15, 0.2) is 0 Å². The molecular formula is C28H30Cl2FN3O4S. The van der Waals surface area contributed by atoms with Gasteiger partial charge in [0.2, 0.25) is 11.8 Å². The second kappa shape index (κ2) is 13.3. The van der Waals surface area contributed by atoms with Crippen molar-refractivity contribution in [2.75, 3.05) is 10.8 Å². The highest BCUT2D eigenvalue weighted by atomic mass is 35.5. The summed E-state index contributed by atoms with van der Waals surface area (Å²) < 4.78 is 42.0. The Hall–Kier alpha value is -3.14. The van der Waals surface area contributed by atoms with E-state index >= 15 is 0 Å². The van der Waals surface area contributed by atoms with E-state index in [-0.39, 0.29) is 28.2 Å². The molecule has 208 valence electrons. The fraction of sp³-hybridized carbons (Fsp3) is 0.286. The molecule has 0 heterocycles. The molecule has 3 aromatic carbocycles. The Kier molecular flexibility index (Phi) is 10.4. The topological polar surface area (TPSA) is 86.8 Å². The van der Waals surface area contributed by atoms with Crippen molar-refractivity contribution in [1.82, 2.24) is 10.2 Å². The summed E-state index contributed by atoms with van der Waals surface area (Å²) >= 11 is 12.1. The van der Waals surface area contributed by atoms with E-state index in [1.54, 1.807) is 19.1 Å². The fourth-order valence-electron chi connectivity index (χ4n) is 3.73. The number of anilines is 1. The van der Waals surface area contributed by atoms with E-state index in [1.165, 1.54) is 65.6 Å². The molecule has 2 atom stereocenters. The average Bonchev–Trinajstić information content (AvgIpc) is 2.90. The quantitative estimate of drug-likeness (QED) is 0.311. The number of hydrogen-bond acceptors (Lipinski definition) is 4. The highest BCUT2D eigenvalue weighted by Gasteiger charge is 2.33. The average molecular weight is 595 g/mol. The molecule has 2 amide bonds. The van der Waals surface area contributed by atoms with Crippen LogP contribution in [0.1, 0.15) is 32.8 Å². The first-order valence-electron chi connectivity index (χ1n) is 12.3. The van der Waals surface area contributed by atoms with Crippen molar-refractivity contribution in [2.45, 2.75) is 50.7 Å². The predicted molar refractivity (Wildman–Crippen MR) is 152 cm³/mol. The van der Waals surface area contributed by atoms with E-state index in [2.05, 4.69) is 5.32 Å². The van der Waals surface area contributed by atoms with Gasteiger partial charge in [0.05, 0.1) is 10.6 Å². The van der Waals surface area contributed by atoms with Gasteiger partial charge in [0.25, 0.3) is 10.0 Å². The van der Waals surface area contributed by atoms with Gasteiger partial charge < -0.3 is 10.2 Å². The van der Waals surface area contributed by atoms with Crippen LogP contribution in [0, 0.1) is 5.82 Å². The maximum atomic E-state index is 13.8. The monoisotopic (exact) mass is 593 g/mol. The van der Waals surface area contributed by atoms with Crippen LogP contribution in [0.4, 0.5) is 10.1 Å². The summed E-state index contributed by atoms with van der Waals surface area (Å²) in [5.74, 6) is -1.47. The summed E-state index contributed by atoms with van der Waals surface area (Å²) in [6.45, 7) is 4.67. The van der Waals surface area contributed by atoms with Crippen molar-refractivity contribution < 1.29 is 22.4 Å². The predicted octanol–water partition coefficient (Wildman–Crippen LogP) is 5.66. The molecule has 0 unspecified atom stereocenters. The van der Waals surface area contributed by atoms with E-state index < -0.39 is 40.2 Å². The Balaban J connectivity index is 2.02. The van der Waals surface area contributed by atoms with Crippen LogP contribution >= 0.6 is 23.2 Å². The van der Waals surface area contributed by atoms with Crippen LogP contribution in [0.3, 0.4) is 0 Å². The van der Waals surface area contributed by atoms with Gasteiger partial charge in [-0.25, -0.2) is 12.8 Å². The Morgan fingerprint density at radius 2 is 1.59 bits per heavy atom. The van der Waals surface area contributed by atoms with Gasteiger partial charge in [-0.15, -0.1) is 0 Å². The van der Waals surface area contributed by atoms with Gasteiger partial charge >= 0.3 is 0 Å². The van der Waals surface area contributed by atoms with Crippen molar-refractivity contribution >= 4 is 50.7 Å². The van der Waals surface area contributed by atoms with Gasteiger partial charge in [-0.1, -0.05) is 48.3 Å². The highest BCUT2D eigenvalue weighted by Crippen LogP contribution is 2.27. The van der Waals surface area contributed by atoms with E-state index in [0.29, 0.717) is 17.0 Å². The fourth-order valence-corrected chi connectivity index (χ4v) is 5.44. The van der Waals surface area contributed by atoms with E-state index in [4.69, 9.17) is 23.2 Å². The highest BCUT2D eigenvalue weighted by molar-refractivity contribution is 7.92. The summed E-state index contributed by atoms with van der Waals surface area (Å²) in [6.07, 6.45) is 0.687. The standard InChI is InChI=1S/C28H30Cl2FN3O4S/c1-4-19(2)32-28(36)20(3)33(17-21-8-12-24(31)13-9-21)27(35)18-34(25-7-5-6-23(30)16-25)39(37,38)26-14-10-22(29)11-15-26/h5-16,19-20H,4,17-18H2,1-3H3,(H,32,36)/t19-,20+/m1/s1. The lowest BCUT2D eigenvalue weighted by Crippen LogP contribution is -2.52. The number of benzene rings is 3. The SMILES string of the molecule is CC[C@@H](C)NC(=O)[C@H](C)N(Cc1ccc(F)cc1)C(=O)CN(c1cccc(Cl)c1)S(=O)(=O)c1ccc(Cl)cc1. The van der Waals surface area contributed by atoms with Crippen molar-refractivity contribution in [2.24, 2.45) is 0 Å². The Bertz CT molecular complexity index is 1400. The minimum Gasteiger partial charge on any atom is -0.352 e. The molecule has 0 aliphatic rings. The Morgan fingerprint density at radius 1 is 0.949 bits per heavy atom. The number of hydrogen-bond donors (Lipinski definition) is 1. The first-order valence-corrected chi connectivity index (χ1v) is 14.5. The smallest absolute Gasteiger partial charge is 0.264 e. The lowest BCUT2D eigenvalue weighted by atomic mass is 10.1.